The van der Waals surface area contributed by atoms with Crippen molar-refractivity contribution in [1.82, 2.24) is 0 Å². The van der Waals surface area contributed by atoms with Crippen LogP contribution in [0.15, 0.2) is 93.1 Å². The maximum absolute atomic E-state index is 14.4. The molecule has 7 heteroatoms. The normalized spacial score (nSPS) is 19.0. The van der Waals surface area contributed by atoms with Crippen LogP contribution in [-0.2, 0) is 10.8 Å². The number of hydrogen-bond donors (Lipinski definition) is 0. The predicted molar refractivity (Wildman–Crippen MR) is 150 cm³/mol. The van der Waals surface area contributed by atoms with Crippen LogP contribution in [0.25, 0.3) is 11.1 Å². The van der Waals surface area contributed by atoms with Crippen molar-refractivity contribution in [3.05, 3.63) is 143 Å². The molecule has 3 aliphatic rings. The van der Waals surface area contributed by atoms with Crippen LogP contribution in [0.2, 0.25) is 10.0 Å². The lowest BCUT2D eigenvalue weighted by molar-refractivity contribution is 0.102. The van der Waals surface area contributed by atoms with Crippen LogP contribution in [0.5, 0.6) is 0 Å². The van der Waals surface area contributed by atoms with Gasteiger partial charge in [0.15, 0.2) is 11.6 Å². The van der Waals surface area contributed by atoms with E-state index in [2.05, 4.69) is 15.9 Å². The first kappa shape index (κ1) is 23.1. The summed E-state index contributed by atoms with van der Waals surface area (Å²) in [6.07, 6.45) is 1.90. The van der Waals surface area contributed by atoms with Crippen molar-refractivity contribution in [2.45, 2.75) is 4.90 Å². The third kappa shape index (κ3) is 3.21. The summed E-state index contributed by atoms with van der Waals surface area (Å²) in [7, 11) is -1.65. The maximum Gasteiger partial charge on any atom is 0.194 e. The molecule has 37 heavy (non-hydrogen) atoms. The number of halogens is 3. The van der Waals surface area contributed by atoms with Crippen molar-refractivity contribution in [3.63, 3.8) is 0 Å². The number of hydrogen-bond acceptors (Lipinski definition) is 3. The average Bonchev–Trinajstić information content (AvgIpc) is 2.89. The average molecular weight is 604 g/mol. The molecule has 3 nitrogen and oxygen atoms in total. The van der Waals surface area contributed by atoms with Crippen LogP contribution >= 0.6 is 39.1 Å². The molecule has 0 aromatic heterocycles. The topological polar surface area (TPSA) is 51.2 Å². The minimum atomic E-state index is -1.65. The van der Waals surface area contributed by atoms with E-state index in [4.69, 9.17) is 23.2 Å². The second-order valence-corrected chi connectivity index (χ2v) is 12.1. The summed E-state index contributed by atoms with van der Waals surface area (Å²) in [5.41, 5.74) is 6.27. The molecule has 2 aliphatic carbocycles. The summed E-state index contributed by atoms with van der Waals surface area (Å²) in [5.74, 6) is -0.279. The number of benzene rings is 4. The van der Waals surface area contributed by atoms with E-state index in [0.29, 0.717) is 68.8 Å². The molecule has 1 atom stereocenters. The van der Waals surface area contributed by atoms with Gasteiger partial charge in [0.2, 0.25) is 0 Å². The third-order valence-corrected chi connectivity index (χ3v) is 9.89. The highest BCUT2D eigenvalue weighted by Crippen LogP contribution is 2.50. The molecule has 0 spiro atoms. The molecule has 0 saturated heterocycles. The van der Waals surface area contributed by atoms with Crippen molar-refractivity contribution in [3.8, 4) is 0 Å². The molecule has 4 aromatic carbocycles. The number of rotatable bonds is 0. The zero-order valence-corrected chi connectivity index (χ0v) is 22.7. The Morgan fingerprint density at radius 1 is 0.649 bits per heavy atom. The lowest BCUT2D eigenvalue weighted by Gasteiger charge is -2.30. The molecule has 178 valence electrons. The number of allylic oxidation sites excluding steroid dienone is 1. The van der Waals surface area contributed by atoms with Gasteiger partial charge in [0, 0.05) is 47.9 Å². The van der Waals surface area contributed by atoms with Gasteiger partial charge in [0.05, 0.1) is 20.6 Å². The van der Waals surface area contributed by atoms with E-state index in [1.54, 1.807) is 42.5 Å². The number of ketones is 2. The van der Waals surface area contributed by atoms with Crippen LogP contribution in [0, 0.1) is 0 Å². The molecule has 4 aromatic rings. The molecular formula is C30H13BrCl2O3S. The van der Waals surface area contributed by atoms with Crippen LogP contribution in [0.3, 0.4) is 0 Å². The van der Waals surface area contributed by atoms with Crippen molar-refractivity contribution in [2.24, 2.45) is 0 Å². The molecule has 1 unspecified atom stereocenters. The minimum absolute atomic E-state index is 0.126. The lowest BCUT2D eigenvalue weighted by Crippen LogP contribution is -2.21. The fraction of sp³-hybridized carbons (Fsp3) is 0. The first-order chi connectivity index (χ1) is 17.8. The Balaban J connectivity index is 1.64. The van der Waals surface area contributed by atoms with Gasteiger partial charge in [-0.15, -0.1) is 0 Å². The first-order valence-corrected chi connectivity index (χ1v) is 14.0. The van der Waals surface area contributed by atoms with Gasteiger partial charge in [-0.05, 0) is 80.7 Å². The molecular weight excluding hydrogens is 591 g/mol. The van der Waals surface area contributed by atoms with Gasteiger partial charge < -0.3 is 0 Å². The predicted octanol–water partition coefficient (Wildman–Crippen LogP) is 7.86. The molecule has 0 fully saturated rings. The number of carbonyl (C=O) groups excluding carboxylic acids is 2. The number of fused-ring (bicyclic) bond motifs is 4. The zero-order valence-electron chi connectivity index (χ0n) is 18.8. The van der Waals surface area contributed by atoms with Crippen LogP contribution in [0.4, 0.5) is 0 Å². The Hall–Kier alpha value is -3.09. The quantitative estimate of drug-likeness (QED) is 0.178. The number of carbonyl (C=O) groups is 2. The van der Waals surface area contributed by atoms with Gasteiger partial charge in [0.25, 0.3) is 0 Å². The summed E-state index contributed by atoms with van der Waals surface area (Å²) in [5, 5.41) is 0.922. The second-order valence-electron chi connectivity index (χ2n) is 8.95. The molecule has 0 N–H and O–H groups in total. The van der Waals surface area contributed by atoms with Gasteiger partial charge in [0.1, 0.15) is 0 Å². The summed E-state index contributed by atoms with van der Waals surface area (Å²) in [6.45, 7) is 0. The Morgan fingerprint density at radius 2 is 1.22 bits per heavy atom. The zero-order chi connectivity index (χ0) is 25.6. The maximum atomic E-state index is 14.4. The molecule has 0 bridgehead atoms. The monoisotopic (exact) mass is 602 g/mol. The van der Waals surface area contributed by atoms with Gasteiger partial charge in [-0.1, -0.05) is 59.6 Å². The van der Waals surface area contributed by atoms with Crippen molar-refractivity contribution in [1.29, 1.82) is 0 Å². The van der Waals surface area contributed by atoms with Gasteiger partial charge in [-0.2, -0.15) is 0 Å². The molecule has 0 saturated carbocycles. The van der Waals surface area contributed by atoms with Gasteiger partial charge >= 0.3 is 0 Å². The highest BCUT2D eigenvalue weighted by Gasteiger charge is 2.38. The van der Waals surface area contributed by atoms with E-state index in [1.807, 2.05) is 36.4 Å². The fourth-order valence-electron chi connectivity index (χ4n) is 5.40. The summed E-state index contributed by atoms with van der Waals surface area (Å²) >= 11 is 16.1. The van der Waals surface area contributed by atoms with E-state index in [-0.39, 0.29) is 11.6 Å². The molecule has 0 radical (unpaired) electrons. The smallest absolute Gasteiger partial charge is 0.194 e. The standard InChI is InChI=1S/C30H13BrCl2O3S/c31-24-10-9-20-27-21(16-7-5-14(32)11-22(16)29(20)35)13-25(37(36)30(24)27)26-17-3-1-2-4-19(17)28(34)23-12-15(33)6-8-18(23)26/h1-13H/b26-25+. The fourth-order valence-corrected chi connectivity index (χ4v) is 8.02. The second kappa shape index (κ2) is 8.20. The van der Waals surface area contributed by atoms with E-state index < -0.39 is 10.8 Å². The molecule has 1 aliphatic heterocycles. The molecule has 0 amide bonds. The van der Waals surface area contributed by atoms with Gasteiger partial charge in [-0.25, -0.2) is 4.21 Å². The molecule has 1 heterocycles. The van der Waals surface area contributed by atoms with E-state index in [0.717, 1.165) is 11.1 Å². The van der Waals surface area contributed by atoms with Crippen molar-refractivity contribution >= 4 is 72.6 Å². The van der Waals surface area contributed by atoms with E-state index in [1.165, 1.54) is 0 Å². The van der Waals surface area contributed by atoms with E-state index in [9.17, 15) is 13.8 Å². The summed E-state index contributed by atoms with van der Waals surface area (Å²) in [4.78, 5) is 27.9. The van der Waals surface area contributed by atoms with Crippen LogP contribution in [0.1, 0.15) is 54.1 Å². The largest absolute Gasteiger partial charge is 0.289 e. The van der Waals surface area contributed by atoms with Gasteiger partial charge in [-0.3, -0.25) is 9.59 Å². The Kier molecular flexibility index (Phi) is 5.11. The lowest BCUT2D eigenvalue weighted by atomic mass is 9.79. The summed E-state index contributed by atoms with van der Waals surface area (Å²) < 4.78 is 15.0. The Labute approximate surface area is 233 Å². The minimum Gasteiger partial charge on any atom is -0.289 e. The highest BCUT2D eigenvalue weighted by molar-refractivity contribution is 9.10. The third-order valence-electron chi connectivity index (χ3n) is 6.98. The Bertz CT molecular complexity index is 1870. The highest BCUT2D eigenvalue weighted by atomic mass is 79.9. The SMILES string of the molecule is O=C1c2ccccc2/C(=C2/C=C3c4ccc(Cl)cc4C(=O)c4ccc(Br)c(c43)S2=O)c2ccc(Cl)cc21. The van der Waals surface area contributed by atoms with E-state index >= 15 is 0 Å². The van der Waals surface area contributed by atoms with Crippen molar-refractivity contribution in [2.75, 3.05) is 0 Å². The summed E-state index contributed by atoms with van der Waals surface area (Å²) in [6, 6.07) is 21.3. The van der Waals surface area contributed by atoms with Crippen LogP contribution < -0.4 is 0 Å². The van der Waals surface area contributed by atoms with Crippen molar-refractivity contribution < 1.29 is 13.8 Å². The Morgan fingerprint density at radius 3 is 1.95 bits per heavy atom. The molecule has 7 rings (SSSR count). The van der Waals surface area contributed by atoms with Crippen LogP contribution in [-0.4, -0.2) is 15.8 Å². The first-order valence-electron chi connectivity index (χ1n) is 11.3.